The van der Waals surface area contributed by atoms with E-state index in [4.69, 9.17) is 5.73 Å². The van der Waals surface area contributed by atoms with Crippen LogP contribution in [0.2, 0.25) is 0 Å². The van der Waals surface area contributed by atoms with E-state index in [0.717, 1.165) is 36.5 Å². The fourth-order valence-corrected chi connectivity index (χ4v) is 3.17. The molecule has 0 aliphatic heterocycles. The van der Waals surface area contributed by atoms with Gasteiger partial charge < -0.3 is 15.7 Å². The third kappa shape index (κ3) is 3.62. The largest absolute Gasteiger partial charge is 0.388 e. The predicted molar refractivity (Wildman–Crippen MR) is 92.4 cm³/mol. The molecule has 1 aliphatic rings. The summed E-state index contributed by atoms with van der Waals surface area (Å²) in [6.07, 6.45) is 4.52. The number of anilines is 2. The van der Waals surface area contributed by atoms with E-state index in [1.807, 2.05) is 37.4 Å². The van der Waals surface area contributed by atoms with E-state index in [0.29, 0.717) is 12.4 Å². The molecule has 3 N–H and O–H groups in total. The van der Waals surface area contributed by atoms with Gasteiger partial charge in [-0.2, -0.15) is 4.98 Å². The summed E-state index contributed by atoms with van der Waals surface area (Å²) >= 11 is 0. The fraction of sp³-hybridized carbons (Fsp3) is 0.444. The summed E-state index contributed by atoms with van der Waals surface area (Å²) in [7, 11) is 2.01. The zero-order chi connectivity index (χ0) is 16.2. The number of nitrogen functional groups attached to an aromatic ring is 1. The number of aromatic nitrogens is 2. The zero-order valence-corrected chi connectivity index (χ0v) is 13.6. The number of hydrogen-bond donors (Lipinski definition) is 2. The van der Waals surface area contributed by atoms with E-state index >= 15 is 0 Å². The first-order valence-electron chi connectivity index (χ1n) is 8.24. The number of aliphatic hydroxyl groups is 1. The molecule has 2 aromatic rings. The van der Waals surface area contributed by atoms with Gasteiger partial charge in [-0.1, -0.05) is 30.3 Å². The fourth-order valence-electron chi connectivity index (χ4n) is 3.17. The lowest BCUT2D eigenvalue weighted by atomic mass is 9.96. The van der Waals surface area contributed by atoms with E-state index in [1.165, 1.54) is 18.4 Å². The van der Waals surface area contributed by atoms with Crippen molar-refractivity contribution in [3.8, 4) is 0 Å². The lowest BCUT2D eigenvalue weighted by molar-refractivity contribution is 0.169. The van der Waals surface area contributed by atoms with Crippen molar-refractivity contribution in [2.24, 2.45) is 0 Å². The Balaban J connectivity index is 1.71. The molecular formula is C18H24N4O. The maximum atomic E-state index is 10.3. The molecule has 1 atom stereocenters. The first kappa shape index (κ1) is 15.7. The lowest BCUT2D eigenvalue weighted by Gasteiger charge is -2.26. The molecule has 3 rings (SSSR count). The number of aryl methyl sites for hydroxylation is 1. The van der Waals surface area contributed by atoms with E-state index in [9.17, 15) is 5.11 Å². The second-order valence-electron chi connectivity index (χ2n) is 6.17. The van der Waals surface area contributed by atoms with Gasteiger partial charge in [-0.05, 0) is 37.7 Å². The van der Waals surface area contributed by atoms with Crippen molar-refractivity contribution in [1.82, 2.24) is 9.97 Å². The van der Waals surface area contributed by atoms with Crippen LogP contribution < -0.4 is 10.6 Å². The van der Waals surface area contributed by atoms with Crippen LogP contribution in [0.1, 0.15) is 42.2 Å². The summed E-state index contributed by atoms with van der Waals surface area (Å²) in [5.41, 5.74) is 9.13. The molecule has 5 nitrogen and oxygen atoms in total. The molecule has 23 heavy (non-hydrogen) atoms. The number of nitrogens with zero attached hydrogens (tertiary/aromatic N) is 3. The molecule has 0 saturated carbocycles. The normalized spacial score (nSPS) is 15.0. The predicted octanol–water partition coefficient (Wildman–Crippen LogP) is 2.50. The minimum Gasteiger partial charge on any atom is -0.388 e. The highest BCUT2D eigenvalue weighted by molar-refractivity contribution is 5.52. The molecule has 122 valence electrons. The third-order valence-electron chi connectivity index (χ3n) is 4.46. The number of benzene rings is 1. The Bertz CT molecular complexity index is 660. The van der Waals surface area contributed by atoms with Crippen LogP contribution in [-0.2, 0) is 12.8 Å². The van der Waals surface area contributed by atoms with Gasteiger partial charge in [0.2, 0.25) is 5.95 Å². The average molecular weight is 312 g/mol. The van der Waals surface area contributed by atoms with Crippen molar-refractivity contribution in [1.29, 1.82) is 0 Å². The topological polar surface area (TPSA) is 75.3 Å². The Morgan fingerprint density at radius 3 is 2.70 bits per heavy atom. The summed E-state index contributed by atoms with van der Waals surface area (Å²) in [4.78, 5) is 10.9. The quantitative estimate of drug-likeness (QED) is 0.887. The summed E-state index contributed by atoms with van der Waals surface area (Å²) in [5.74, 6) is 1.27. The van der Waals surface area contributed by atoms with E-state index < -0.39 is 6.10 Å². The maximum absolute atomic E-state index is 10.3. The van der Waals surface area contributed by atoms with Crippen LogP contribution in [-0.4, -0.2) is 28.7 Å². The van der Waals surface area contributed by atoms with Gasteiger partial charge in [0.1, 0.15) is 5.82 Å². The molecule has 1 heterocycles. The minimum absolute atomic E-state index is 0.344. The molecule has 0 bridgehead atoms. The highest BCUT2D eigenvalue weighted by atomic mass is 16.3. The van der Waals surface area contributed by atoms with Crippen LogP contribution in [0.3, 0.4) is 0 Å². The van der Waals surface area contributed by atoms with Crippen molar-refractivity contribution >= 4 is 11.8 Å². The van der Waals surface area contributed by atoms with E-state index in [1.54, 1.807) is 0 Å². The number of hydrogen-bond acceptors (Lipinski definition) is 5. The number of fused-ring (bicyclic) bond motifs is 1. The van der Waals surface area contributed by atoms with Crippen molar-refractivity contribution in [3.63, 3.8) is 0 Å². The smallest absolute Gasteiger partial charge is 0.222 e. The SMILES string of the molecule is CN(CCC(O)c1ccccc1)c1nc(N)nc2c1CCCC2. The van der Waals surface area contributed by atoms with E-state index in [2.05, 4.69) is 14.9 Å². The summed E-state index contributed by atoms with van der Waals surface area (Å²) < 4.78 is 0. The van der Waals surface area contributed by atoms with Gasteiger partial charge in [-0.25, -0.2) is 4.98 Å². The highest BCUT2D eigenvalue weighted by Crippen LogP contribution is 2.28. The van der Waals surface area contributed by atoms with Crippen LogP contribution in [0, 0.1) is 0 Å². The van der Waals surface area contributed by atoms with Gasteiger partial charge in [0, 0.05) is 19.2 Å². The van der Waals surface area contributed by atoms with Crippen LogP contribution in [0.15, 0.2) is 30.3 Å². The molecule has 0 saturated heterocycles. The molecular weight excluding hydrogens is 288 g/mol. The van der Waals surface area contributed by atoms with Gasteiger partial charge in [0.15, 0.2) is 0 Å². The van der Waals surface area contributed by atoms with Gasteiger partial charge in [0.05, 0.1) is 11.8 Å². The van der Waals surface area contributed by atoms with Crippen LogP contribution in [0.25, 0.3) is 0 Å². The Labute approximate surface area is 137 Å². The molecule has 5 heteroatoms. The molecule has 1 aliphatic carbocycles. The van der Waals surface area contributed by atoms with Crippen molar-refractivity contribution in [2.45, 2.75) is 38.2 Å². The molecule has 0 spiro atoms. The first-order chi connectivity index (χ1) is 11.1. The molecule has 0 fully saturated rings. The van der Waals surface area contributed by atoms with E-state index in [-0.39, 0.29) is 0 Å². The lowest BCUT2D eigenvalue weighted by Crippen LogP contribution is -2.25. The van der Waals surface area contributed by atoms with Gasteiger partial charge in [-0.3, -0.25) is 0 Å². The number of nitrogens with two attached hydrogens (primary N) is 1. The molecule has 1 aromatic heterocycles. The Morgan fingerprint density at radius 1 is 1.17 bits per heavy atom. The second kappa shape index (κ2) is 6.96. The van der Waals surface area contributed by atoms with Gasteiger partial charge >= 0.3 is 0 Å². The summed E-state index contributed by atoms with van der Waals surface area (Å²) in [6.45, 7) is 0.721. The van der Waals surface area contributed by atoms with Crippen molar-refractivity contribution < 1.29 is 5.11 Å². The van der Waals surface area contributed by atoms with Gasteiger partial charge in [0.25, 0.3) is 0 Å². The van der Waals surface area contributed by atoms with Crippen LogP contribution in [0.5, 0.6) is 0 Å². The molecule has 0 radical (unpaired) electrons. The standard InChI is InChI=1S/C18H24N4O/c1-22(12-11-16(23)13-7-3-2-4-8-13)17-14-9-5-6-10-15(14)20-18(19)21-17/h2-4,7-8,16,23H,5-6,9-12H2,1H3,(H2,19,20,21). The van der Waals surface area contributed by atoms with Crippen LogP contribution >= 0.6 is 0 Å². The van der Waals surface area contributed by atoms with Crippen molar-refractivity contribution in [3.05, 3.63) is 47.2 Å². The summed E-state index contributed by atoms with van der Waals surface area (Å²) in [5, 5.41) is 10.3. The highest BCUT2D eigenvalue weighted by Gasteiger charge is 2.20. The minimum atomic E-state index is -0.464. The Morgan fingerprint density at radius 2 is 1.91 bits per heavy atom. The maximum Gasteiger partial charge on any atom is 0.222 e. The first-order valence-corrected chi connectivity index (χ1v) is 8.24. The second-order valence-corrected chi connectivity index (χ2v) is 6.17. The molecule has 1 unspecified atom stereocenters. The van der Waals surface area contributed by atoms with Crippen molar-refractivity contribution in [2.75, 3.05) is 24.2 Å². The zero-order valence-electron chi connectivity index (χ0n) is 13.6. The Kier molecular flexibility index (Phi) is 4.76. The van der Waals surface area contributed by atoms with Gasteiger partial charge in [-0.15, -0.1) is 0 Å². The number of rotatable bonds is 5. The molecule has 1 aromatic carbocycles. The number of aliphatic hydroxyl groups excluding tert-OH is 1. The monoisotopic (exact) mass is 312 g/mol. The molecule has 0 amide bonds. The summed E-state index contributed by atoms with van der Waals surface area (Å²) in [6, 6.07) is 9.76. The average Bonchev–Trinajstić information content (AvgIpc) is 2.59. The van der Waals surface area contributed by atoms with Crippen LogP contribution in [0.4, 0.5) is 11.8 Å². The Hall–Kier alpha value is -2.14. The third-order valence-corrected chi connectivity index (χ3v) is 4.46.